The molecule has 4 nitrogen and oxygen atoms in total. The Bertz CT molecular complexity index is 504. The minimum Gasteiger partial charge on any atom is -0.370 e. The lowest BCUT2D eigenvalue weighted by Crippen LogP contribution is -2.59. The van der Waals surface area contributed by atoms with E-state index in [0.29, 0.717) is 0 Å². The van der Waals surface area contributed by atoms with Gasteiger partial charge in [-0.3, -0.25) is 9.69 Å². The first-order valence-corrected chi connectivity index (χ1v) is 7.99. The number of rotatable bonds is 3. The molecule has 2 aliphatic rings. The number of piperidine rings is 1. The minimum absolute atomic E-state index is 0.227. The van der Waals surface area contributed by atoms with Gasteiger partial charge in [-0.25, -0.2) is 0 Å². The van der Waals surface area contributed by atoms with Crippen LogP contribution in [0.3, 0.4) is 0 Å². The van der Waals surface area contributed by atoms with Gasteiger partial charge in [0.05, 0.1) is 0 Å². The summed E-state index contributed by atoms with van der Waals surface area (Å²) in [4.78, 5) is 14.6. The van der Waals surface area contributed by atoms with Crippen LogP contribution >= 0.6 is 15.9 Å². The molecule has 1 amide bonds. The molecule has 0 bridgehead atoms. The van der Waals surface area contributed by atoms with E-state index >= 15 is 0 Å². The van der Waals surface area contributed by atoms with E-state index < -0.39 is 5.54 Å². The maximum Gasteiger partial charge on any atom is 0.244 e. The number of nitrogens with zero attached hydrogens (tertiary/aromatic N) is 1. The van der Waals surface area contributed by atoms with E-state index in [9.17, 15) is 4.79 Å². The Morgan fingerprint density at radius 2 is 2.05 bits per heavy atom. The number of nitrogens with two attached hydrogens (primary N) is 1. The van der Waals surface area contributed by atoms with Gasteiger partial charge in [-0.1, -0.05) is 22.4 Å². The van der Waals surface area contributed by atoms with Crippen LogP contribution in [0.25, 0.3) is 0 Å². The van der Waals surface area contributed by atoms with Crippen molar-refractivity contribution in [3.63, 3.8) is 0 Å². The number of primary amides is 1. The predicted octanol–water partition coefficient (Wildman–Crippen LogP) is 2.34. The number of hydrogen-bond acceptors (Lipinski definition) is 3. The average Bonchev–Trinajstić information content (AvgIpc) is 2.82. The Kier molecular flexibility index (Phi) is 3.73. The van der Waals surface area contributed by atoms with Gasteiger partial charge in [0.2, 0.25) is 5.91 Å². The van der Waals surface area contributed by atoms with Gasteiger partial charge < -0.3 is 11.1 Å². The molecule has 5 heteroatoms. The summed E-state index contributed by atoms with van der Waals surface area (Å²) in [6.45, 7) is 2.04. The largest absolute Gasteiger partial charge is 0.370 e. The second kappa shape index (κ2) is 5.37. The van der Waals surface area contributed by atoms with Gasteiger partial charge >= 0.3 is 0 Å². The van der Waals surface area contributed by atoms with Crippen LogP contribution in [-0.4, -0.2) is 35.5 Å². The molecule has 2 atom stereocenters. The van der Waals surface area contributed by atoms with E-state index in [-0.39, 0.29) is 11.9 Å². The zero-order valence-electron chi connectivity index (χ0n) is 11.4. The number of anilines is 1. The smallest absolute Gasteiger partial charge is 0.244 e. The first-order chi connectivity index (χ1) is 9.62. The first-order valence-electron chi connectivity index (χ1n) is 7.19. The topological polar surface area (TPSA) is 58.4 Å². The molecule has 2 unspecified atom stereocenters. The minimum atomic E-state index is -0.617. The van der Waals surface area contributed by atoms with Crippen molar-refractivity contribution in [3.05, 3.63) is 28.7 Å². The molecular formula is C15H20BrN3O. The summed E-state index contributed by atoms with van der Waals surface area (Å²) in [5.74, 6) is -0.227. The highest BCUT2D eigenvalue weighted by Gasteiger charge is 2.52. The van der Waals surface area contributed by atoms with Gasteiger partial charge in [-0.15, -0.1) is 0 Å². The molecule has 0 aliphatic carbocycles. The lowest BCUT2D eigenvalue weighted by Gasteiger charge is -2.39. The van der Waals surface area contributed by atoms with Crippen molar-refractivity contribution < 1.29 is 4.79 Å². The summed E-state index contributed by atoms with van der Waals surface area (Å²) in [6.07, 6.45) is 4.25. The average molecular weight is 338 g/mol. The van der Waals surface area contributed by atoms with Crippen LogP contribution in [0.5, 0.6) is 0 Å². The molecule has 0 saturated carbocycles. The van der Waals surface area contributed by atoms with Crippen molar-refractivity contribution in [2.45, 2.75) is 37.3 Å². The lowest BCUT2D eigenvalue weighted by atomic mass is 9.84. The van der Waals surface area contributed by atoms with Crippen LogP contribution in [-0.2, 0) is 4.79 Å². The standard InChI is InChI=1S/C15H20BrN3O/c16-11-4-6-12(7-5-11)18-15(14(17)20)8-10-19-9-2-1-3-13(15)19/h4-7,13,18H,1-3,8-10H2,(H2,17,20). The molecule has 0 spiro atoms. The Hall–Kier alpha value is -1.07. The van der Waals surface area contributed by atoms with Gasteiger partial charge in [-0.05, 0) is 50.1 Å². The summed E-state index contributed by atoms with van der Waals surface area (Å²) >= 11 is 3.43. The highest BCUT2D eigenvalue weighted by atomic mass is 79.9. The molecule has 1 aromatic rings. The lowest BCUT2D eigenvalue weighted by molar-refractivity contribution is -0.123. The highest BCUT2D eigenvalue weighted by molar-refractivity contribution is 9.10. The molecule has 0 aromatic heterocycles. The Balaban J connectivity index is 1.88. The fraction of sp³-hybridized carbons (Fsp3) is 0.533. The maximum absolute atomic E-state index is 12.2. The van der Waals surface area contributed by atoms with E-state index in [1.165, 1.54) is 12.8 Å². The molecule has 3 rings (SSSR count). The first kappa shape index (κ1) is 13.9. The molecule has 2 saturated heterocycles. The Morgan fingerprint density at radius 3 is 2.75 bits per heavy atom. The third kappa shape index (κ3) is 2.33. The molecule has 2 aliphatic heterocycles. The fourth-order valence-corrected chi connectivity index (χ4v) is 3.85. The van der Waals surface area contributed by atoms with E-state index in [1.807, 2.05) is 24.3 Å². The van der Waals surface area contributed by atoms with Crippen LogP contribution in [0.15, 0.2) is 28.7 Å². The number of amides is 1. The number of benzene rings is 1. The molecule has 20 heavy (non-hydrogen) atoms. The summed E-state index contributed by atoms with van der Waals surface area (Å²) < 4.78 is 1.03. The number of halogens is 1. The molecule has 3 N–H and O–H groups in total. The molecular weight excluding hydrogens is 318 g/mol. The summed E-state index contributed by atoms with van der Waals surface area (Å²) in [5.41, 5.74) is 6.12. The number of carbonyl (C=O) groups excluding carboxylic acids is 1. The zero-order chi connectivity index (χ0) is 14.2. The monoisotopic (exact) mass is 337 g/mol. The predicted molar refractivity (Wildman–Crippen MR) is 83.5 cm³/mol. The molecule has 2 heterocycles. The number of fused-ring (bicyclic) bond motifs is 1. The number of carbonyl (C=O) groups is 1. The molecule has 0 radical (unpaired) electrons. The normalized spacial score (nSPS) is 29.9. The SMILES string of the molecule is NC(=O)C1(Nc2ccc(Br)cc2)CCN2CCCCC21. The van der Waals surface area contributed by atoms with Crippen molar-refractivity contribution in [3.8, 4) is 0 Å². The Morgan fingerprint density at radius 1 is 1.30 bits per heavy atom. The van der Waals surface area contributed by atoms with E-state index in [0.717, 1.165) is 36.1 Å². The van der Waals surface area contributed by atoms with Crippen LogP contribution in [0.1, 0.15) is 25.7 Å². The van der Waals surface area contributed by atoms with Crippen molar-refractivity contribution in [2.24, 2.45) is 5.73 Å². The van der Waals surface area contributed by atoms with Crippen LogP contribution in [0.2, 0.25) is 0 Å². The van der Waals surface area contributed by atoms with Crippen molar-refractivity contribution in [1.29, 1.82) is 0 Å². The van der Waals surface area contributed by atoms with E-state index in [4.69, 9.17) is 5.73 Å². The van der Waals surface area contributed by atoms with Crippen molar-refractivity contribution in [2.75, 3.05) is 18.4 Å². The van der Waals surface area contributed by atoms with Crippen LogP contribution in [0, 0.1) is 0 Å². The van der Waals surface area contributed by atoms with Gasteiger partial charge in [0.1, 0.15) is 5.54 Å². The van der Waals surface area contributed by atoms with Gasteiger partial charge in [-0.2, -0.15) is 0 Å². The van der Waals surface area contributed by atoms with Gasteiger partial charge in [0, 0.05) is 22.7 Å². The summed E-state index contributed by atoms with van der Waals surface area (Å²) in [7, 11) is 0. The maximum atomic E-state index is 12.2. The quantitative estimate of drug-likeness (QED) is 0.889. The second-order valence-electron chi connectivity index (χ2n) is 5.77. The van der Waals surface area contributed by atoms with Crippen molar-refractivity contribution in [1.82, 2.24) is 4.90 Å². The second-order valence-corrected chi connectivity index (χ2v) is 6.68. The van der Waals surface area contributed by atoms with Crippen LogP contribution in [0.4, 0.5) is 5.69 Å². The Labute approximate surface area is 127 Å². The van der Waals surface area contributed by atoms with E-state index in [2.05, 4.69) is 26.1 Å². The van der Waals surface area contributed by atoms with E-state index in [1.54, 1.807) is 0 Å². The highest BCUT2D eigenvalue weighted by Crippen LogP contribution is 2.37. The zero-order valence-corrected chi connectivity index (χ0v) is 13.0. The third-order valence-corrected chi connectivity index (χ3v) is 5.16. The van der Waals surface area contributed by atoms with Crippen LogP contribution < -0.4 is 11.1 Å². The van der Waals surface area contributed by atoms with Crippen molar-refractivity contribution >= 4 is 27.5 Å². The van der Waals surface area contributed by atoms with Gasteiger partial charge in [0.15, 0.2) is 0 Å². The van der Waals surface area contributed by atoms with Gasteiger partial charge in [0.25, 0.3) is 0 Å². The summed E-state index contributed by atoms with van der Waals surface area (Å²) in [6, 6.07) is 8.16. The fourth-order valence-electron chi connectivity index (χ4n) is 3.59. The number of nitrogens with one attached hydrogen (secondary N) is 1. The molecule has 108 valence electrons. The third-order valence-electron chi connectivity index (χ3n) is 4.63. The molecule has 2 fully saturated rings. The number of hydrogen-bond donors (Lipinski definition) is 2. The molecule has 1 aromatic carbocycles. The summed E-state index contributed by atoms with van der Waals surface area (Å²) in [5, 5.41) is 3.44.